The highest BCUT2D eigenvalue weighted by molar-refractivity contribution is 7.27. The van der Waals surface area contributed by atoms with Gasteiger partial charge in [0.05, 0.1) is 17.6 Å². The summed E-state index contributed by atoms with van der Waals surface area (Å²) in [5.74, 6) is 0.453. The number of nitrogens with one attached hydrogen (secondary N) is 1. The molecule has 1 aliphatic rings. The molecule has 3 aromatic rings. The molecule has 168 valence electrons. The Balaban J connectivity index is 2.05. The van der Waals surface area contributed by atoms with Gasteiger partial charge >= 0.3 is 0 Å². The molecular weight excluding hydrogens is 433 g/mol. The van der Waals surface area contributed by atoms with Crippen molar-refractivity contribution in [1.29, 1.82) is 5.26 Å². The fraction of sp³-hybridized carbons (Fsp3) is 0.250. The van der Waals surface area contributed by atoms with Gasteiger partial charge in [0.1, 0.15) is 17.8 Å². The molecule has 1 aliphatic carbocycles. The fourth-order valence-corrected chi connectivity index (χ4v) is 4.68. The minimum atomic E-state index is -0.482. The van der Waals surface area contributed by atoms with E-state index < -0.39 is 6.17 Å². The van der Waals surface area contributed by atoms with Gasteiger partial charge in [-0.3, -0.25) is 14.7 Å². The first-order chi connectivity index (χ1) is 15.9. The lowest BCUT2D eigenvalue weighted by atomic mass is 10.0. The van der Waals surface area contributed by atoms with Crippen molar-refractivity contribution in [3.05, 3.63) is 68.6 Å². The van der Waals surface area contributed by atoms with Crippen LogP contribution in [0.4, 0.5) is 11.8 Å². The Morgan fingerprint density at radius 2 is 2.12 bits per heavy atom. The molecule has 9 heteroatoms. The van der Waals surface area contributed by atoms with Gasteiger partial charge in [0.15, 0.2) is 5.82 Å². The van der Waals surface area contributed by atoms with E-state index in [0.29, 0.717) is 11.4 Å². The molecule has 0 saturated carbocycles. The predicted molar refractivity (Wildman–Crippen MR) is 135 cm³/mol. The predicted octanol–water partition coefficient (Wildman–Crippen LogP) is 0.681. The van der Waals surface area contributed by atoms with Crippen LogP contribution in [0.25, 0.3) is 17.3 Å². The average Bonchev–Trinajstić information content (AvgIpc) is 2.80. The molecular formula is C24H26N7OP. The largest absolute Gasteiger partial charge is 0.368 e. The standard InChI is InChI=1S/C24H26N7OP/c1-14-7-6-8-15-11-18(31(23(32)20(14)15)17-9-4-5-10-19(17)33)22(27-2)30(3)21-16(12-25)13-28-24(26)29-21/h4-5,8-11,13,22,27H,6-7,33H2,1-3H3,(H2,26,28,29)/t22-/m1/s1. The van der Waals surface area contributed by atoms with Crippen molar-refractivity contribution in [3.8, 4) is 11.8 Å². The van der Waals surface area contributed by atoms with Crippen molar-refractivity contribution in [1.82, 2.24) is 19.9 Å². The zero-order chi connectivity index (χ0) is 23.7. The number of aromatic nitrogens is 3. The van der Waals surface area contributed by atoms with Crippen LogP contribution in [0.1, 0.15) is 37.2 Å². The summed E-state index contributed by atoms with van der Waals surface area (Å²) in [6.45, 7) is 2.02. The van der Waals surface area contributed by atoms with E-state index in [-0.39, 0.29) is 11.5 Å². The van der Waals surface area contributed by atoms with Crippen LogP contribution in [0.2, 0.25) is 0 Å². The van der Waals surface area contributed by atoms with Gasteiger partial charge in [0.25, 0.3) is 5.56 Å². The Kier molecular flexibility index (Phi) is 6.28. The molecule has 1 unspecified atom stereocenters. The van der Waals surface area contributed by atoms with Crippen molar-refractivity contribution < 1.29 is 0 Å². The van der Waals surface area contributed by atoms with E-state index in [2.05, 4.69) is 36.7 Å². The van der Waals surface area contributed by atoms with Crippen LogP contribution in [0.3, 0.4) is 0 Å². The van der Waals surface area contributed by atoms with Gasteiger partial charge in [-0.1, -0.05) is 29.8 Å². The highest BCUT2D eigenvalue weighted by Crippen LogP contribution is 2.25. The summed E-state index contributed by atoms with van der Waals surface area (Å²) < 4.78 is 1.75. The third-order valence-electron chi connectivity index (χ3n) is 5.94. The number of para-hydroxylation sites is 1. The SMILES string of the molecule is CN[C@@H](c1cc2c(c(=O)n1-c1ccccc1P)=C(C)CCC=2)N(C)c1nc(N)ncc1C#N. The molecule has 0 saturated heterocycles. The number of nitrogens with two attached hydrogens (primary N) is 1. The summed E-state index contributed by atoms with van der Waals surface area (Å²) in [7, 11) is 6.33. The second-order valence-electron chi connectivity index (χ2n) is 8.00. The lowest BCUT2D eigenvalue weighted by Crippen LogP contribution is -2.50. The Morgan fingerprint density at radius 1 is 1.36 bits per heavy atom. The van der Waals surface area contributed by atoms with Gasteiger partial charge in [-0.05, 0) is 49.5 Å². The van der Waals surface area contributed by atoms with Crippen molar-refractivity contribution in [2.75, 3.05) is 24.7 Å². The quantitative estimate of drug-likeness (QED) is 0.426. The molecule has 0 bridgehead atoms. The summed E-state index contributed by atoms with van der Waals surface area (Å²) in [5.41, 5.74) is 8.64. The third-order valence-corrected chi connectivity index (χ3v) is 6.43. The number of hydrogen-bond donors (Lipinski definition) is 2. The third kappa shape index (κ3) is 4.02. The second-order valence-corrected chi connectivity index (χ2v) is 8.62. The first-order valence-corrected chi connectivity index (χ1v) is 11.2. The van der Waals surface area contributed by atoms with Crippen LogP contribution >= 0.6 is 9.24 Å². The molecule has 3 N–H and O–H groups in total. The van der Waals surface area contributed by atoms with Crippen molar-refractivity contribution in [2.24, 2.45) is 0 Å². The summed E-state index contributed by atoms with van der Waals surface area (Å²) >= 11 is 0. The summed E-state index contributed by atoms with van der Waals surface area (Å²) in [4.78, 5) is 24.0. The zero-order valence-electron chi connectivity index (χ0n) is 18.8. The van der Waals surface area contributed by atoms with E-state index in [1.807, 2.05) is 44.3 Å². The lowest BCUT2D eigenvalue weighted by Gasteiger charge is -2.32. The molecule has 8 nitrogen and oxygen atoms in total. The molecule has 2 aromatic heterocycles. The Labute approximate surface area is 194 Å². The molecule has 0 radical (unpaired) electrons. The van der Waals surface area contributed by atoms with E-state index in [4.69, 9.17) is 5.73 Å². The van der Waals surface area contributed by atoms with Gasteiger partial charge < -0.3 is 10.6 Å². The first-order valence-electron chi connectivity index (χ1n) is 10.6. The van der Waals surface area contributed by atoms with E-state index in [1.54, 1.807) is 16.5 Å². The number of nitrogens with zero attached hydrogens (tertiary/aromatic N) is 5. The second kappa shape index (κ2) is 9.14. The molecule has 33 heavy (non-hydrogen) atoms. The highest BCUT2D eigenvalue weighted by atomic mass is 31.0. The molecule has 0 aliphatic heterocycles. The van der Waals surface area contributed by atoms with E-state index >= 15 is 0 Å². The molecule has 4 rings (SSSR count). The average molecular weight is 459 g/mol. The van der Waals surface area contributed by atoms with E-state index in [9.17, 15) is 10.1 Å². The minimum Gasteiger partial charge on any atom is -0.368 e. The van der Waals surface area contributed by atoms with Gasteiger partial charge in [-0.25, -0.2) is 4.98 Å². The Morgan fingerprint density at radius 3 is 2.82 bits per heavy atom. The minimum absolute atomic E-state index is 0.0674. The number of anilines is 2. The van der Waals surface area contributed by atoms with Gasteiger partial charge in [0, 0.05) is 12.3 Å². The van der Waals surface area contributed by atoms with Gasteiger partial charge in [-0.15, -0.1) is 9.24 Å². The normalized spacial score (nSPS) is 13.6. The fourth-order valence-electron chi connectivity index (χ4n) is 4.34. The molecule has 0 amide bonds. The number of benzene rings is 1. The van der Waals surface area contributed by atoms with Gasteiger partial charge in [0.2, 0.25) is 5.95 Å². The number of pyridine rings is 1. The molecule has 2 heterocycles. The summed E-state index contributed by atoms with van der Waals surface area (Å²) in [5, 5.41) is 15.5. The first kappa shape index (κ1) is 22.7. The smallest absolute Gasteiger partial charge is 0.263 e. The van der Waals surface area contributed by atoms with Crippen molar-refractivity contribution in [3.63, 3.8) is 0 Å². The van der Waals surface area contributed by atoms with Crippen LogP contribution in [0, 0.1) is 11.3 Å². The molecule has 0 spiro atoms. The van der Waals surface area contributed by atoms with E-state index in [1.165, 1.54) is 6.20 Å². The Bertz CT molecular complexity index is 1460. The van der Waals surface area contributed by atoms with Crippen LogP contribution in [0.15, 0.2) is 41.3 Å². The molecule has 1 aromatic carbocycles. The lowest BCUT2D eigenvalue weighted by molar-refractivity contribution is 0.546. The summed E-state index contributed by atoms with van der Waals surface area (Å²) in [6.07, 6.45) is 4.80. The number of hydrogen-bond acceptors (Lipinski definition) is 7. The number of nitrogen functional groups attached to an aromatic ring is 1. The molecule has 2 atom stereocenters. The summed E-state index contributed by atoms with van der Waals surface area (Å²) in [6, 6.07) is 11.9. The number of rotatable bonds is 5. The van der Waals surface area contributed by atoms with Crippen LogP contribution in [-0.4, -0.2) is 28.6 Å². The van der Waals surface area contributed by atoms with Crippen LogP contribution in [0.5, 0.6) is 0 Å². The maximum absolute atomic E-state index is 13.9. The van der Waals surface area contributed by atoms with Crippen molar-refractivity contribution >= 4 is 38.0 Å². The van der Waals surface area contributed by atoms with Gasteiger partial charge in [-0.2, -0.15) is 10.2 Å². The number of fused-ring (bicyclic) bond motifs is 1. The highest BCUT2D eigenvalue weighted by Gasteiger charge is 2.25. The Hall–Kier alpha value is -3.53. The maximum atomic E-state index is 13.9. The van der Waals surface area contributed by atoms with Crippen LogP contribution < -0.4 is 37.3 Å². The maximum Gasteiger partial charge on any atom is 0.263 e. The van der Waals surface area contributed by atoms with E-state index in [0.717, 1.165) is 45.5 Å². The zero-order valence-corrected chi connectivity index (χ0v) is 20.0. The monoisotopic (exact) mass is 459 g/mol. The topological polar surface area (TPSA) is 113 Å². The number of nitriles is 1. The van der Waals surface area contributed by atoms with Crippen molar-refractivity contribution in [2.45, 2.75) is 25.9 Å². The molecule has 0 fully saturated rings. The van der Waals surface area contributed by atoms with Crippen LogP contribution in [-0.2, 0) is 0 Å².